The summed E-state index contributed by atoms with van der Waals surface area (Å²) in [5.74, 6) is -0.364. The van der Waals surface area contributed by atoms with Gasteiger partial charge < -0.3 is 15.3 Å². The maximum absolute atomic E-state index is 12.7. The molecule has 1 aliphatic rings. The Bertz CT molecular complexity index is 1020. The number of amides is 1. The molecule has 6 heteroatoms. The summed E-state index contributed by atoms with van der Waals surface area (Å²) in [5.41, 5.74) is 3.93. The molecule has 1 unspecified atom stereocenters. The number of benzene rings is 2. The van der Waals surface area contributed by atoms with E-state index in [4.69, 9.17) is 4.84 Å². The van der Waals surface area contributed by atoms with Gasteiger partial charge in [0.15, 0.2) is 5.78 Å². The van der Waals surface area contributed by atoms with Crippen molar-refractivity contribution in [3.8, 4) is 0 Å². The van der Waals surface area contributed by atoms with E-state index in [1.807, 2.05) is 63.2 Å². The summed E-state index contributed by atoms with van der Waals surface area (Å²) in [6.07, 6.45) is 1.16. The summed E-state index contributed by atoms with van der Waals surface area (Å²) in [7, 11) is 0. The third kappa shape index (κ3) is 5.20. The van der Waals surface area contributed by atoms with Crippen molar-refractivity contribution in [2.24, 2.45) is 5.16 Å². The second-order valence-corrected chi connectivity index (χ2v) is 7.55. The molecular weight excluding hydrogens is 392 g/mol. The molecule has 0 spiro atoms. The lowest BCUT2D eigenvalue weighted by Crippen LogP contribution is -2.23. The predicted molar refractivity (Wildman–Crippen MR) is 122 cm³/mol. The van der Waals surface area contributed by atoms with Crippen molar-refractivity contribution in [2.45, 2.75) is 46.0 Å². The standard InChI is InChI=1S/C25H28N2O4/c1-4-21(27-31-5-2)24-22(28)14-18(15-23(24)29)17-10-12-19(13-11-17)26-25(30)20-9-7-6-8-16(20)3/h6-13,18,28H,4-5,14-15H2,1-3H3,(H,26,30)/b27-21-. The van der Waals surface area contributed by atoms with Gasteiger partial charge in [-0.15, -0.1) is 0 Å². The van der Waals surface area contributed by atoms with Crippen LogP contribution in [0.2, 0.25) is 0 Å². The number of nitrogens with zero attached hydrogens (tertiary/aromatic N) is 1. The molecule has 0 saturated carbocycles. The molecule has 1 aliphatic carbocycles. The van der Waals surface area contributed by atoms with E-state index in [-0.39, 0.29) is 28.9 Å². The Morgan fingerprint density at radius 2 is 1.84 bits per heavy atom. The summed E-state index contributed by atoms with van der Waals surface area (Å²) >= 11 is 0. The topological polar surface area (TPSA) is 88.0 Å². The zero-order valence-corrected chi connectivity index (χ0v) is 18.1. The third-order valence-corrected chi connectivity index (χ3v) is 5.40. The van der Waals surface area contributed by atoms with Gasteiger partial charge in [0, 0.05) is 24.1 Å². The molecule has 1 atom stereocenters. The lowest BCUT2D eigenvalue weighted by atomic mass is 9.81. The molecule has 0 aromatic heterocycles. The van der Waals surface area contributed by atoms with Crippen molar-refractivity contribution in [3.63, 3.8) is 0 Å². The monoisotopic (exact) mass is 420 g/mol. The van der Waals surface area contributed by atoms with Gasteiger partial charge in [-0.05, 0) is 55.5 Å². The van der Waals surface area contributed by atoms with Crippen molar-refractivity contribution in [2.75, 3.05) is 11.9 Å². The minimum absolute atomic E-state index is 0.0542. The first kappa shape index (κ1) is 22.3. The van der Waals surface area contributed by atoms with Crippen LogP contribution in [0.3, 0.4) is 0 Å². The van der Waals surface area contributed by atoms with Crippen LogP contribution in [0, 0.1) is 6.92 Å². The lowest BCUT2D eigenvalue weighted by molar-refractivity contribution is -0.116. The molecule has 2 N–H and O–H groups in total. The molecule has 0 bridgehead atoms. The van der Waals surface area contributed by atoms with E-state index < -0.39 is 0 Å². The van der Waals surface area contributed by atoms with Crippen molar-refractivity contribution in [3.05, 3.63) is 76.6 Å². The molecule has 31 heavy (non-hydrogen) atoms. The minimum Gasteiger partial charge on any atom is -0.511 e. The molecule has 0 saturated heterocycles. The normalized spacial score (nSPS) is 16.9. The summed E-state index contributed by atoms with van der Waals surface area (Å²) in [4.78, 5) is 30.3. The average Bonchev–Trinajstić information content (AvgIpc) is 2.76. The minimum atomic E-state index is -0.162. The Hall–Kier alpha value is -3.41. The number of hydrogen-bond acceptors (Lipinski definition) is 5. The molecule has 0 heterocycles. The van der Waals surface area contributed by atoms with E-state index in [0.717, 1.165) is 11.1 Å². The highest BCUT2D eigenvalue weighted by atomic mass is 16.6. The first-order valence-corrected chi connectivity index (χ1v) is 10.6. The Kier molecular flexibility index (Phi) is 7.23. The van der Waals surface area contributed by atoms with Gasteiger partial charge >= 0.3 is 0 Å². The Balaban J connectivity index is 1.73. The van der Waals surface area contributed by atoms with Gasteiger partial charge in [0.05, 0.1) is 11.3 Å². The maximum Gasteiger partial charge on any atom is 0.255 e. The van der Waals surface area contributed by atoms with Gasteiger partial charge in [0.25, 0.3) is 5.91 Å². The highest BCUT2D eigenvalue weighted by Gasteiger charge is 2.31. The number of rotatable bonds is 7. The fourth-order valence-electron chi connectivity index (χ4n) is 3.75. The zero-order chi connectivity index (χ0) is 22.4. The molecular formula is C25H28N2O4. The summed E-state index contributed by atoms with van der Waals surface area (Å²) in [6, 6.07) is 14.8. The number of carbonyl (C=O) groups excluding carboxylic acids is 2. The molecule has 3 rings (SSSR count). The molecule has 0 radical (unpaired) electrons. The van der Waals surface area contributed by atoms with Crippen molar-refractivity contribution >= 4 is 23.1 Å². The van der Waals surface area contributed by atoms with Gasteiger partial charge in [-0.3, -0.25) is 9.59 Å². The van der Waals surface area contributed by atoms with E-state index >= 15 is 0 Å². The number of anilines is 1. The van der Waals surface area contributed by atoms with Gasteiger partial charge in [0.1, 0.15) is 12.4 Å². The number of aryl methyl sites for hydroxylation is 1. The quantitative estimate of drug-likeness (QED) is 0.469. The highest BCUT2D eigenvalue weighted by molar-refractivity contribution is 6.23. The molecule has 1 amide bonds. The molecule has 0 aliphatic heterocycles. The van der Waals surface area contributed by atoms with Crippen molar-refractivity contribution in [1.29, 1.82) is 0 Å². The first-order chi connectivity index (χ1) is 14.9. The van der Waals surface area contributed by atoms with Crippen molar-refractivity contribution < 1.29 is 19.5 Å². The molecule has 0 fully saturated rings. The average molecular weight is 421 g/mol. The highest BCUT2D eigenvalue weighted by Crippen LogP contribution is 2.35. The second-order valence-electron chi connectivity index (χ2n) is 7.55. The van der Waals surface area contributed by atoms with Crippen LogP contribution in [0.15, 0.2) is 65.0 Å². The van der Waals surface area contributed by atoms with Crippen LogP contribution in [0.4, 0.5) is 5.69 Å². The van der Waals surface area contributed by atoms with Gasteiger partial charge in [0.2, 0.25) is 0 Å². The van der Waals surface area contributed by atoms with Gasteiger partial charge in [-0.2, -0.15) is 0 Å². The number of aliphatic hydroxyl groups excluding tert-OH is 1. The van der Waals surface area contributed by atoms with Crippen LogP contribution in [-0.2, 0) is 9.63 Å². The van der Waals surface area contributed by atoms with Crippen LogP contribution in [0.5, 0.6) is 0 Å². The Morgan fingerprint density at radius 1 is 1.13 bits per heavy atom. The molecule has 2 aromatic carbocycles. The number of hydrogen-bond donors (Lipinski definition) is 2. The number of aliphatic hydroxyl groups is 1. The number of carbonyl (C=O) groups is 2. The summed E-state index contributed by atoms with van der Waals surface area (Å²) in [5, 5.41) is 17.5. The predicted octanol–water partition coefficient (Wildman–Crippen LogP) is 5.31. The van der Waals surface area contributed by atoms with E-state index in [1.165, 1.54) is 0 Å². The summed E-state index contributed by atoms with van der Waals surface area (Å²) in [6.45, 7) is 5.99. The van der Waals surface area contributed by atoms with Gasteiger partial charge in [-0.25, -0.2) is 0 Å². The third-order valence-electron chi connectivity index (χ3n) is 5.40. The van der Waals surface area contributed by atoms with Crippen LogP contribution >= 0.6 is 0 Å². The lowest BCUT2D eigenvalue weighted by Gasteiger charge is -2.24. The molecule has 6 nitrogen and oxygen atoms in total. The number of Topliss-reactive ketones (excluding diaryl/α,β-unsaturated/α-hetero) is 1. The largest absolute Gasteiger partial charge is 0.511 e. The maximum atomic E-state index is 12.7. The number of allylic oxidation sites excluding steroid dienone is 2. The second kappa shape index (κ2) is 10.1. The molecule has 2 aromatic rings. The number of nitrogens with one attached hydrogen (secondary N) is 1. The van der Waals surface area contributed by atoms with Gasteiger partial charge in [-0.1, -0.05) is 42.4 Å². The fraction of sp³-hybridized carbons (Fsp3) is 0.320. The van der Waals surface area contributed by atoms with Crippen LogP contribution in [0.1, 0.15) is 60.5 Å². The number of oxime groups is 1. The van der Waals surface area contributed by atoms with Crippen molar-refractivity contribution in [1.82, 2.24) is 0 Å². The molecule has 162 valence electrons. The first-order valence-electron chi connectivity index (χ1n) is 10.6. The summed E-state index contributed by atoms with van der Waals surface area (Å²) < 4.78 is 0. The van der Waals surface area contributed by atoms with Crippen LogP contribution in [-0.4, -0.2) is 29.1 Å². The van der Waals surface area contributed by atoms with E-state index in [1.54, 1.807) is 6.07 Å². The Labute approximate surface area is 182 Å². The fourth-order valence-corrected chi connectivity index (χ4v) is 3.75. The van der Waals surface area contributed by atoms with Crippen LogP contribution in [0.25, 0.3) is 0 Å². The zero-order valence-electron chi connectivity index (χ0n) is 18.1. The van der Waals surface area contributed by atoms with E-state index in [0.29, 0.717) is 42.8 Å². The Morgan fingerprint density at radius 3 is 2.45 bits per heavy atom. The SMILES string of the molecule is CCO/N=C(/CC)C1=C(O)CC(c2ccc(NC(=O)c3ccccc3C)cc2)CC1=O. The van der Waals surface area contributed by atoms with Crippen LogP contribution < -0.4 is 5.32 Å². The smallest absolute Gasteiger partial charge is 0.255 e. The van der Waals surface area contributed by atoms with E-state index in [2.05, 4.69) is 10.5 Å². The number of ketones is 1. The van der Waals surface area contributed by atoms with E-state index in [9.17, 15) is 14.7 Å².